The molecule has 0 N–H and O–H groups in total. The van der Waals surface area contributed by atoms with Crippen LogP contribution in [-0.4, -0.2) is 65.2 Å². The van der Waals surface area contributed by atoms with Crippen LogP contribution < -0.4 is 4.90 Å². The number of amides is 3. The van der Waals surface area contributed by atoms with Crippen LogP contribution in [0.4, 0.5) is 19.0 Å². The van der Waals surface area contributed by atoms with Crippen molar-refractivity contribution < 1.29 is 27.6 Å². The standard InChI is InChI=1S/C21H21F3N4O3/c22-21(23,24)14-3-4-15(25-10-14)26-5-7-27(8-6-26)16(29)11-28-19(30)17-12-1-2-13(9-12)18(17)20(28)31/h1-4,10,12-13,17-18H,5-9,11H2. The first kappa shape index (κ1) is 20.0. The molecule has 7 nitrogen and oxygen atoms in total. The van der Waals surface area contributed by atoms with Crippen LogP contribution in [0.25, 0.3) is 0 Å². The monoisotopic (exact) mass is 434 g/mol. The number of carbonyl (C=O) groups is 3. The molecular weight excluding hydrogens is 413 g/mol. The highest BCUT2D eigenvalue weighted by molar-refractivity contribution is 6.08. The van der Waals surface area contributed by atoms with Crippen molar-refractivity contribution in [3.63, 3.8) is 0 Å². The van der Waals surface area contributed by atoms with Crippen LogP contribution in [0.5, 0.6) is 0 Å². The van der Waals surface area contributed by atoms with E-state index in [0.717, 1.165) is 23.6 Å². The molecule has 0 radical (unpaired) electrons. The van der Waals surface area contributed by atoms with Gasteiger partial charge >= 0.3 is 6.18 Å². The number of hydrogen-bond donors (Lipinski definition) is 0. The summed E-state index contributed by atoms with van der Waals surface area (Å²) < 4.78 is 38.1. The van der Waals surface area contributed by atoms with Gasteiger partial charge in [-0.1, -0.05) is 12.2 Å². The van der Waals surface area contributed by atoms with Gasteiger partial charge < -0.3 is 9.80 Å². The Hall–Kier alpha value is -2.91. The lowest BCUT2D eigenvalue weighted by atomic mass is 9.85. The molecule has 1 saturated carbocycles. The molecule has 3 fully saturated rings. The Kier molecular flexibility index (Phi) is 4.56. The van der Waals surface area contributed by atoms with Crippen molar-refractivity contribution in [3.8, 4) is 0 Å². The highest BCUT2D eigenvalue weighted by Gasteiger charge is 2.59. The molecule has 2 aliphatic heterocycles. The van der Waals surface area contributed by atoms with Gasteiger partial charge in [-0.15, -0.1) is 0 Å². The Bertz CT molecular complexity index is 924. The van der Waals surface area contributed by atoms with E-state index in [1.54, 1.807) is 4.90 Å². The van der Waals surface area contributed by atoms with Gasteiger partial charge in [0.25, 0.3) is 0 Å². The zero-order valence-corrected chi connectivity index (χ0v) is 16.6. The number of piperazine rings is 1. The minimum Gasteiger partial charge on any atom is -0.353 e. The summed E-state index contributed by atoms with van der Waals surface area (Å²) in [5, 5.41) is 0. The number of anilines is 1. The Morgan fingerprint density at radius 1 is 1.00 bits per heavy atom. The van der Waals surface area contributed by atoms with Gasteiger partial charge in [0.1, 0.15) is 12.4 Å². The summed E-state index contributed by atoms with van der Waals surface area (Å²) >= 11 is 0. The lowest BCUT2D eigenvalue weighted by Crippen LogP contribution is -2.52. The number of alkyl halides is 3. The van der Waals surface area contributed by atoms with Crippen molar-refractivity contribution in [1.82, 2.24) is 14.8 Å². The third-order valence-electron chi connectivity index (χ3n) is 6.89. The Morgan fingerprint density at radius 3 is 2.13 bits per heavy atom. The highest BCUT2D eigenvalue weighted by atomic mass is 19.4. The predicted octanol–water partition coefficient (Wildman–Crippen LogP) is 1.56. The topological polar surface area (TPSA) is 73.8 Å². The van der Waals surface area contributed by atoms with Gasteiger partial charge in [-0.3, -0.25) is 19.3 Å². The maximum Gasteiger partial charge on any atom is 0.417 e. The lowest BCUT2D eigenvalue weighted by Gasteiger charge is -2.36. The number of pyridine rings is 1. The van der Waals surface area contributed by atoms with E-state index in [-0.39, 0.29) is 47.9 Å². The summed E-state index contributed by atoms with van der Waals surface area (Å²) in [6.07, 6.45) is 1.23. The van der Waals surface area contributed by atoms with Gasteiger partial charge in [-0.2, -0.15) is 13.2 Å². The van der Waals surface area contributed by atoms with Crippen LogP contribution in [-0.2, 0) is 20.6 Å². The SMILES string of the molecule is O=C(CN1C(=O)C2C3C=CC(C3)C2C1=O)N1CCN(c2ccc(C(F)(F)F)cn2)CC1. The van der Waals surface area contributed by atoms with Gasteiger partial charge in [0.05, 0.1) is 17.4 Å². The number of rotatable bonds is 3. The molecule has 5 rings (SSSR count). The minimum absolute atomic E-state index is 0.103. The summed E-state index contributed by atoms with van der Waals surface area (Å²) in [7, 11) is 0. The maximum absolute atomic E-state index is 12.7. The molecule has 4 atom stereocenters. The fraction of sp³-hybridized carbons (Fsp3) is 0.524. The first-order valence-electron chi connectivity index (χ1n) is 10.3. The average Bonchev–Trinajstić information content (AvgIpc) is 3.43. The summed E-state index contributed by atoms with van der Waals surface area (Å²) in [6, 6.07) is 2.31. The largest absolute Gasteiger partial charge is 0.417 e. The molecule has 31 heavy (non-hydrogen) atoms. The Morgan fingerprint density at radius 2 is 1.61 bits per heavy atom. The molecule has 0 spiro atoms. The number of aromatic nitrogens is 1. The summed E-state index contributed by atoms with van der Waals surface area (Å²) in [5.41, 5.74) is -0.807. The molecule has 4 aliphatic rings. The molecule has 2 aliphatic carbocycles. The van der Waals surface area contributed by atoms with Crippen LogP contribution >= 0.6 is 0 Å². The second kappa shape index (κ2) is 7.06. The summed E-state index contributed by atoms with van der Waals surface area (Å²) in [6.45, 7) is 1.26. The fourth-order valence-corrected chi connectivity index (χ4v) is 5.28. The van der Waals surface area contributed by atoms with Gasteiger partial charge in [-0.25, -0.2) is 4.98 Å². The second-order valence-corrected chi connectivity index (χ2v) is 8.53. The molecule has 2 saturated heterocycles. The fourth-order valence-electron chi connectivity index (χ4n) is 5.28. The molecular formula is C21H21F3N4O3. The van der Waals surface area contributed by atoms with Crippen molar-refractivity contribution in [3.05, 3.63) is 36.0 Å². The lowest BCUT2D eigenvalue weighted by molar-refractivity contribution is -0.147. The van der Waals surface area contributed by atoms with Crippen LogP contribution in [0.3, 0.4) is 0 Å². The van der Waals surface area contributed by atoms with Crippen molar-refractivity contribution in [2.75, 3.05) is 37.6 Å². The zero-order valence-electron chi connectivity index (χ0n) is 16.6. The number of likely N-dealkylation sites (tertiary alicyclic amines) is 1. The average molecular weight is 434 g/mol. The van der Waals surface area contributed by atoms with E-state index in [0.29, 0.717) is 32.0 Å². The van der Waals surface area contributed by atoms with Crippen LogP contribution in [0.2, 0.25) is 0 Å². The van der Waals surface area contributed by atoms with E-state index in [1.807, 2.05) is 17.1 Å². The molecule has 2 bridgehead atoms. The smallest absolute Gasteiger partial charge is 0.353 e. The van der Waals surface area contributed by atoms with Crippen LogP contribution in [0.15, 0.2) is 30.5 Å². The highest BCUT2D eigenvalue weighted by Crippen LogP contribution is 2.52. The van der Waals surface area contributed by atoms with E-state index in [4.69, 9.17) is 0 Å². The van der Waals surface area contributed by atoms with E-state index >= 15 is 0 Å². The normalized spacial score (nSPS) is 29.8. The first-order valence-corrected chi connectivity index (χ1v) is 10.3. The van der Waals surface area contributed by atoms with E-state index < -0.39 is 11.7 Å². The molecule has 0 aromatic carbocycles. The Balaban J connectivity index is 1.18. The molecule has 164 valence electrons. The molecule has 1 aromatic heterocycles. The Labute approximate surface area is 176 Å². The minimum atomic E-state index is -4.44. The number of hydrogen-bond acceptors (Lipinski definition) is 5. The number of carbonyl (C=O) groups excluding carboxylic acids is 3. The van der Waals surface area contributed by atoms with Gasteiger partial charge in [-0.05, 0) is 30.4 Å². The molecule has 4 unspecified atom stereocenters. The van der Waals surface area contributed by atoms with Crippen molar-refractivity contribution in [1.29, 1.82) is 0 Å². The second-order valence-electron chi connectivity index (χ2n) is 8.53. The number of allylic oxidation sites excluding steroid dienone is 2. The number of nitrogens with zero attached hydrogens (tertiary/aromatic N) is 4. The van der Waals surface area contributed by atoms with Gasteiger partial charge in [0.15, 0.2) is 0 Å². The number of fused-ring (bicyclic) bond motifs is 5. The summed E-state index contributed by atoms with van der Waals surface area (Å²) in [4.78, 5) is 46.6. The first-order chi connectivity index (χ1) is 14.7. The van der Waals surface area contributed by atoms with Crippen molar-refractivity contribution in [2.24, 2.45) is 23.7 Å². The third-order valence-corrected chi connectivity index (χ3v) is 6.89. The molecule has 1 aromatic rings. The van der Waals surface area contributed by atoms with E-state index in [2.05, 4.69) is 4.98 Å². The van der Waals surface area contributed by atoms with Crippen molar-refractivity contribution in [2.45, 2.75) is 12.6 Å². The van der Waals surface area contributed by atoms with E-state index in [9.17, 15) is 27.6 Å². The number of imide groups is 1. The molecule has 10 heteroatoms. The van der Waals surface area contributed by atoms with Crippen molar-refractivity contribution >= 4 is 23.5 Å². The van der Waals surface area contributed by atoms with Crippen LogP contribution in [0, 0.1) is 23.7 Å². The predicted molar refractivity (Wildman–Crippen MR) is 102 cm³/mol. The van der Waals surface area contributed by atoms with Gasteiger partial charge in [0, 0.05) is 32.4 Å². The zero-order chi connectivity index (χ0) is 21.9. The van der Waals surface area contributed by atoms with E-state index in [1.165, 1.54) is 6.07 Å². The molecule has 3 heterocycles. The third kappa shape index (κ3) is 3.28. The molecule has 3 amide bonds. The summed E-state index contributed by atoms with van der Waals surface area (Å²) in [5.74, 6) is -0.795. The number of halogens is 3. The van der Waals surface area contributed by atoms with Crippen LogP contribution in [0.1, 0.15) is 12.0 Å². The quantitative estimate of drug-likeness (QED) is 0.533. The van der Waals surface area contributed by atoms with Gasteiger partial charge in [0.2, 0.25) is 17.7 Å². The maximum atomic E-state index is 12.7.